The lowest BCUT2D eigenvalue weighted by molar-refractivity contribution is -0.346. The highest BCUT2D eigenvalue weighted by molar-refractivity contribution is 6.00. The molecule has 6 rings (SSSR count). The smallest absolute Gasteiger partial charge is 0.341 e. The molecule has 0 aromatic carbocycles. The van der Waals surface area contributed by atoms with Crippen molar-refractivity contribution in [2.75, 3.05) is 6.61 Å². The van der Waals surface area contributed by atoms with E-state index in [4.69, 9.17) is 9.47 Å². The third-order valence-corrected chi connectivity index (χ3v) is 8.25. The van der Waals surface area contributed by atoms with E-state index >= 15 is 0 Å². The molecule has 4 bridgehead atoms. The fourth-order valence-electron chi connectivity index (χ4n) is 6.93. The molecular weight excluding hydrogens is 352 g/mol. The van der Waals surface area contributed by atoms with Crippen LogP contribution in [0.5, 0.6) is 0 Å². The van der Waals surface area contributed by atoms with Crippen LogP contribution in [0.3, 0.4) is 0 Å². The maximum absolute atomic E-state index is 13.3. The van der Waals surface area contributed by atoms with E-state index in [1.165, 1.54) is 0 Å². The Labute approximate surface area is 157 Å². The zero-order chi connectivity index (χ0) is 19.5. The molecule has 3 saturated heterocycles. The predicted octanol–water partition coefficient (Wildman–Crippen LogP) is 0.876. The van der Waals surface area contributed by atoms with Crippen molar-refractivity contribution >= 4 is 11.8 Å². The van der Waals surface area contributed by atoms with E-state index < -0.39 is 46.6 Å². The van der Waals surface area contributed by atoms with Crippen molar-refractivity contribution < 1.29 is 34.4 Å². The van der Waals surface area contributed by atoms with E-state index in [0.29, 0.717) is 19.3 Å². The van der Waals surface area contributed by atoms with Gasteiger partial charge in [0.05, 0.1) is 17.6 Å². The van der Waals surface area contributed by atoms with Crippen LogP contribution in [-0.2, 0) is 19.1 Å². The molecule has 2 spiro atoms. The average Bonchev–Trinajstić information content (AvgIpc) is 2.98. The van der Waals surface area contributed by atoms with E-state index in [1.807, 2.05) is 6.92 Å². The highest BCUT2D eigenvalue weighted by Crippen LogP contribution is 2.73. The van der Waals surface area contributed by atoms with E-state index in [-0.39, 0.29) is 35.6 Å². The van der Waals surface area contributed by atoms with Crippen LogP contribution in [0.15, 0.2) is 11.3 Å². The Morgan fingerprint density at radius 1 is 1.19 bits per heavy atom. The van der Waals surface area contributed by atoms with Gasteiger partial charge in [0.2, 0.25) is 0 Å². The molecule has 3 aliphatic heterocycles. The molecule has 0 radical (unpaired) electrons. The summed E-state index contributed by atoms with van der Waals surface area (Å²) in [5, 5.41) is 32.0. The van der Waals surface area contributed by atoms with Gasteiger partial charge in [0, 0.05) is 30.3 Å². The summed E-state index contributed by atoms with van der Waals surface area (Å²) in [5.74, 6) is -2.91. The summed E-state index contributed by atoms with van der Waals surface area (Å²) in [7, 11) is 0. The summed E-state index contributed by atoms with van der Waals surface area (Å²) in [6.45, 7) is 5.15. The lowest BCUT2D eigenvalue weighted by Gasteiger charge is -2.63. The third kappa shape index (κ3) is 1.63. The second kappa shape index (κ2) is 4.93. The van der Waals surface area contributed by atoms with Gasteiger partial charge in [0.1, 0.15) is 17.1 Å². The number of esters is 1. The summed E-state index contributed by atoms with van der Waals surface area (Å²) >= 11 is 0. The van der Waals surface area contributed by atoms with Gasteiger partial charge in [-0.15, -0.1) is 0 Å². The number of aliphatic hydroxyl groups excluding tert-OH is 3. The minimum Gasteiger partial charge on any atom is -0.511 e. The van der Waals surface area contributed by atoms with Crippen LogP contribution in [0.4, 0.5) is 0 Å². The molecular formula is C20H26O7. The Bertz CT molecular complexity index is 789. The predicted molar refractivity (Wildman–Crippen MR) is 91.4 cm³/mol. The first-order valence-corrected chi connectivity index (χ1v) is 9.83. The minimum atomic E-state index is -1.38. The molecule has 5 fully saturated rings. The largest absolute Gasteiger partial charge is 0.511 e. The van der Waals surface area contributed by atoms with Crippen LogP contribution in [0.25, 0.3) is 0 Å². The molecule has 9 unspecified atom stereocenters. The molecule has 3 heterocycles. The molecule has 0 aromatic heterocycles. The number of fused-ring (bicyclic) bond motifs is 1. The van der Waals surface area contributed by atoms with Gasteiger partial charge in [0.15, 0.2) is 11.2 Å². The normalized spacial score (nSPS) is 56.0. The van der Waals surface area contributed by atoms with Crippen LogP contribution >= 0.6 is 0 Å². The van der Waals surface area contributed by atoms with E-state index in [2.05, 4.69) is 0 Å². The molecule has 148 valence electrons. The maximum Gasteiger partial charge on any atom is 0.341 e. The molecule has 9 atom stereocenters. The standard InChI is InChI=1S/C20H26O7/c1-8-4-9(2)15(23)13-17(25)26-19-6-10(7-21)18(3)16(24)12(19)5-11(14(8)22)20(13,19)27-18/h8-12,16,21,23-24H,4-7H2,1-3H3. The number of aliphatic hydroxyl groups is 3. The first-order valence-electron chi connectivity index (χ1n) is 9.83. The van der Waals surface area contributed by atoms with Gasteiger partial charge in [-0.05, 0) is 26.2 Å². The molecule has 0 aromatic rings. The number of rotatable bonds is 1. The highest BCUT2D eigenvalue weighted by Gasteiger charge is 2.87. The van der Waals surface area contributed by atoms with Gasteiger partial charge in [-0.3, -0.25) is 4.79 Å². The van der Waals surface area contributed by atoms with Gasteiger partial charge < -0.3 is 24.8 Å². The van der Waals surface area contributed by atoms with Crippen molar-refractivity contribution in [1.29, 1.82) is 0 Å². The van der Waals surface area contributed by atoms with Gasteiger partial charge in [-0.25, -0.2) is 4.79 Å². The Morgan fingerprint density at radius 3 is 2.56 bits per heavy atom. The van der Waals surface area contributed by atoms with Crippen molar-refractivity contribution in [3.63, 3.8) is 0 Å². The van der Waals surface area contributed by atoms with Crippen molar-refractivity contribution in [3.05, 3.63) is 11.3 Å². The number of carbonyl (C=O) groups excluding carboxylic acids is 2. The second-order valence-corrected chi connectivity index (χ2v) is 9.42. The van der Waals surface area contributed by atoms with Crippen molar-refractivity contribution in [3.8, 4) is 0 Å². The van der Waals surface area contributed by atoms with Gasteiger partial charge in [0.25, 0.3) is 0 Å². The van der Waals surface area contributed by atoms with Gasteiger partial charge >= 0.3 is 5.97 Å². The fraction of sp³-hybridized carbons (Fsp3) is 0.800. The third-order valence-electron chi connectivity index (χ3n) is 8.25. The minimum absolute atomic E-state index is 0.00377. The second-order valence-electron chi connectivity index (χ2n) is 9.42. The Kier molecular flexibility index (Phi) is 3.22. The van der Waals surface area contributed by atoms with Crippen molar-refractivity contribution in [2.24, 2.45) is 29.6 Å². The maximum atomic E-state index is 13.3. The topological polar surface area (TPSA) is 113 Å². The number of ketones is 1. The summed E-state index contributed by atoms with van der Waals surface area (Å²) in [5.41, 5.74) is -3.63. The summed E-state index contributed by atoms with van der Waals surface area (Å²) in [6.07, 6.45) is 0.162. The number of carbonyl (C=O) groups is 2. The Hall–Kier alpha value is -1.44. The quantitative estimate of drug-likeness (QED) is 0.580. The molecule has 27 heavy (non-hydrogen) atoms. The fourth-order valence-corrected chi connectivity index (χ4v) is 6.93. The molecule has 6 aliphatic rings. The molecule has 7 heteroatoms. The van der Waals surface area contributed by atoms with Crippen LogP contribution in [0, 0.1) is 29.6 Å². The Balaban J connectivity index is 1.83. The first-order chi connectivity index (χ1) is 12.6. The molecule has 7 nitrogen and oxygen atoms in total. The SMILES string of the molecule is CC1CC(C)C(O)=C2C(=O)OC34CC(CO)C5(C)OC23C(CC4C5O)C1=O. The van der Waals surface area contributed by atoms with Crippen LogP contribution in [0.1, 0.15) is 40.0 Å². The van der Waals surface area contributed by atoms with E-state index in [1.54, 1.807) is 13.8 Å². The van der Waals surface area contributed by atoms with Gasteiger partial charge in [-0.1, -0.05) is 13.8 Å². The number of Topliss-reactive ketones (excluding diaryl/α,β-unsaturated/α-hetero) is 1. The number of ether oxygens (including phenoxy) is 2. The van der Waals surface area contributed by atoms with E-state index in [0.717, 1.165) is 0 Å². The van der Waals surface area contributed by atoms with Crippen molar-refractivity contribution in [2.45, 2.75) is 62.9 Å². The Morgan fingerprint density at radius 2 is 1.89 bits per heavy atom. The van der Waals surface area contributed by atoms with Gasteiger partial charge in [-0.2, -0.15) is 0 Å². The highest BCUT2D eigenvalue weighted by atomic mass is 16.6. The molecule has 3 N–H and O–H groups in total. The van der Waals surface area contributed by atoms with Crippen molar-refractivity contribution in [1.82, 2.24) is 0 Å². The average molecular weight is 378 g/mol. The zero-order valence-electron chi connectivity index (χ0n) is 15.8. The van der Waals surface area contributed by atoms with E-state index in [9.17, 15) is 24.9 Å². The number of hydrogen-bond donors (Lipinski definition) is 3. The lowest BCUT2D eigenvalue weighted by Crippen LogP contribution is -2.77. The van der Waals surface area contributed by atoms with Crippen LogP contribution < -0.4 is 0 Å². The number of allylic oxidation sites excluding steroid dienone is 1. The van der Waals surface area contributed by atoms with Crippen LogP contribution in [-0.4, -0.2) is 56.6 Å². The molecule has 0 amide bonds. The zero-order valence-corrected chi connectivity index (χ0v) is 15.8. The van der Waals surface area contributed by atoms with Crippen LogP contribution in [0.2, 0.25) is 0 Å². The summed E-state index contributed by atoms with van der Waals surface area (Å²) < 4.78 is 12.4. The summed E-state index contributed by atoms with van der Waals surface area (Å²) in [6, 6.07) is 0. The lowest BCUT2D eigenvalue weighted by atomic mass is 9.55. The first kappa shape index (κ1) is 17.6. The summed E-state index contributed by atoms with van der Waals surface area (Å²) in [4.78, 5) is 26.3. The monoisotopic (exact) mass is 378 g/mol. The molecule has 3 aliphatic carbocycles. The number of hydrogen-bond acceptors (Lipinski definition) is 7. The molecule has 2 saturated carbocycles.